The summed E-state index contributed by atoms with van der Waals surface area (Å²) >= 11 is 0. The molecule has 0 aromatic carbocycles. The molecule has 1 amide bonds. The van der Waals surface area contributed by atoms with Crippen LogP contribution in [0.3, 0.4) is 0 Å². The van der Waals surface area contributed by atoms with Crippen LogP contribution in [0.2, 0.25) is 0 Å². The van der Waals surface area contributed by atoms with Gasteiger partial charge in [-0.3, -0.25) is 9.00 Å². The quantitative estimate of drug-likeness (QED) is 0.749. The standard InChI is InChI=1S/C9H13N3O2S/c1-6(8(11)13)5-15(14)9-7(10)3-2-4-12-9/h2-4,6H,5,10H2,1H3,(H2,11,13). The van der Waals surface area contributed by atoms with Gasteiger partial charge >= 0.3 is 0 Å². The first kappa shape index (κ1) is 11.6. The van der Waals surface area contributed by atoms with Crippen LogP contribution in [0.4, 0.5) is 5.69 Å². The highest BCUT2D eigenvalue weighted by Gasteiger charge is 2.16. The number of carbonyl (C=O) groups is 1. The molecule has 0 aliphatic rings. The van der Waals surface area contributed by atoms with Crippen molar-refractivity contribution in [1.29, 1.82) is 0 Å². The first-order chi connectivity index (χ1) is 7.02. The van der Waals surface area contributed by atoms with Crippen LogP contribution in [0.1, 0.15) is 6.92 Å². The summed E-state index contributed by atoms with van der Waals surface area (Å²) in [5.41, 5.74) is 11.0. The molecule has 0 radical (unpaired) electrons. The molecular formula is C9H13N3O2S. The van der Waals surface area contributed by atoms with Gasteiger partial charge in [-0.15, -0.1) is 0 Å². The summed E-state index contributed by atoms with van der Waals surface area (Å²) in [6, 6.07) is 3.28. The Bertz CT molecular complexity index is 395. The zero-order chi connectivity index (χ0) is 11.4. The molecule has 0 bridgehead atoms. The van der Waals surface area contributed by atoms with E-state index in [1.165, 1.54) is 6.20 Å². The fourth-order valence-corrected chi connectivity index (χ4v) is 2.27. The summed E-state index contributed by atoms with van der Waals surface area (Å²) in [6.45, 7) is 1.62. The number of primary amides is 1. The Hall–Kier alpha value is -1.43. The second-order valence-corrected chi connectivity index (χ2v) is 4.62. The Morgan fingerprint density at radius 2 is 2.33 bits per heavy atom. The summed E-state index contributed by atoms with van der Waals surface area (Å²) in [5, 5.41) is 0.311. The fraction of sp³-hybridized carbons (Fsp3) is 0.333. The molecule has 0 saturated carbocycles. The van der Waals surface area contributed by atoms with Crippen LogP contribution in [0.5, 0.6) is 0 Å². The van der Waals surface area contributed by atoms with Crippen molar-refractivity contribution in [3.8, 4) is 0 Å². The molecule has 5 nitrogen and oxygen atoms in total. The minimum Gasteiger partial charge on any atom is -0.396 e. The molecule has 0 spiro atoms. The van der Waals surface area contributed by atoms with Crippen molar-refractivity contribution in [2.24, 2.45) is 11.7 Å². The molecule has 4 N–H and O–H groups in total. The third kappa shape index (κ3) is 3.02. The molecular weight excluding hydrogens is 214 g/mol. The van der Waals surface area contributed by atoms with Crippen molar-refractivity contribution in [2.75, 3.05) is 11.5 Å². The SMILES string of the molecule is CC(CS(=O)c1ncccc1N)C(N)=O. The van der Waals surface area contributed by atoms with Crippen LogP contribution in [-0.2, 0) is 15.6 Å². The highest BCUT2D eigenvalue weighted by atomic mass is 32.2. The molecule has 6 heteroatoms. The number of anilines is 1. The van der Waals surface area contributed by atoms with E-state index >= 15 is 0 Å². The number of carbonyl (C=O) groups excluding carboxylic acids is 1. The molecule has 1 aromatic rings. The fourth-order valence-electron chi connectivity index (χ4n) is 0.982. The van der Waals surface area contributed by atoms with Gasteiger partial charge in [0.05, 0.1) is 16.5 Å². The largest absolute Gasteiger partial charge is 0.396 e. The number of nitrogen functional groups attached to an aromatic ring is 1. The minimum atomic E-state index is -1.38. The Morgan fingerprint density at radius 1 is 1.67 bits per heavy atom. The zero-order valence-corrected chi connectivity index (χ0v) is 9.16. The molecule has 82 valence electrons. The maximum atomic E-state index is 11.7. The van der Waals surface area contributed by atoms with E-state index in [2.05, 4.69) is 4.98 Å². The van der Waals surface area contributed by atoms with Crippen LogP contribution in [0, 0.1) is 5.92 Å². The lowest BCUT2D eigenvalue weighted by molar-refractivity contribution is -0.120. The van der Waals surface area contributed by atoms with Crippen molar-refractivity contribution in [3.63, 3.8) is 0 Å². The van der Waals surface area contributed by atoms with Crippen LogP contribution in [0.15, 0.2) is 23.4 Å². The zero-order valence-electron chi connectivity index (χ0n) is 8.34. The summed E-state index contributed by atoms with van der Waals surface area (Å²) in [6.07, 6.45) is 1.51. The van der Waals surface area contributed by atoms with Gasteiger partial charge in [-0.25, -0.2) is 4.98 Å². The van der Waals surface area contributed by atoms with E-state index in [1.807, 2.05) is 0 Å². The summed E-state index contributed by atoms with van der Waals surface area (Å²) < 4.78 is 11.7. The predicted molar refractivity (Wildman–Crippen MR) is 58.3 cm³/mol. The number of nitrogens with zero attached hydrogens (tertiary/aromatic N) is 1. The van der Waals surface area contributed by atoms with Crippen molar-refractivity contribution in [3.05, 3.63) is 18.3 Å². The van der Waals surface area contributed by atoms with Gasteiger partial charge in [-0.2, -0.15) is 0 Å². The van der Waals surface area contributed by atoms with Gasteiger partial charge in [-0.1, -0.05) is 6.92 Å². The molecule has 0 aliphatic carbocycles. The van der Waals surface area contributed by atoms with E-state index in [0.29, 0.717) is 10.7 Å². The van der Waals surface area contributed by atoms with Gasteiger partial charge in [0, 0.05) is 17.9 Å². The molecule has 0 saturated heterocycles. The van der Waals surface area contributed by atoms with Crippen molar-refractivity contribution >= 4 is 22.4 Å². The summed E-state index contributed by atoms with van der Waals surface area (Å²) in [4.78, 5) is 14.7. The van der Waals surface area contributed by atoms with E-state index in [1.54, 1.807) is 19.1 Å². The number of pyridine rings is 1. The Morgan fingerprint density at radius 3 is 2.87 bits per heavy atom. The molecule has 1 rings (SSSR count). The predicted octanol–water partition coefficient (Wildman–Crippen LogP) is -0.107. The van der Waals surface area contributed by atoms with Gasteiger partial charge in [0.15, 0.2) is 0 Å². The number of nitrogens with two attached hydrogens (primary N) is 2. The molecule has 0 aliphatic heterocycles. The van der Waals surface area contributed by atoms with Gasteiger partial charge < -0.3 is 11.5 Å². The first-order valence-electron chi connectivity index (χ1n) is 4.40. The lowest BCUT2D eigenvalue weighted by Crippen LogP contribution is -2.25. The second kappa shape index (κ2) is 4.88. The van der Waals surface area contributed by atoms with Gasteiger partial charge in [0.1, 0.15) is 5.03 Å². The van der Waals surface area contributed by atoms with Gasteiger partial charge in [0.2, 0.25) is 5.91 Å². The normalized spacial score (nSPS) is 14.5. The maximum Gasteiger partial charge on any atom is 0.221 e. The van der Waals surface area contributed by atoms with Gasteiger partial charge in [-0.05, 0) is 12.1 Å². The molecule has 1 aromatic heterocycles. The van der Waals surface area contributed by atoms with Crippen molar-refractivity contribution in [2.45, 2.75) is 11.9 Å². The van der Waals surface area contributed by atoms with E-state index in [4.69, 9.17) is 11.5 Å². The highest BCUT2D eigenvalue weighted by molar-refractivity contribution is 7.85. The van der Waals surface area contributed by atoms with Crippen LogP contribution < -0.4 is 11.5 Å². The topological polar surface area (TPSA) is 99.1 Å². The van der Waals surface area contributed by atoms with Crippen LogP contribution in [-0.4, -0.2) is 20.9 Å². The summed E-state index contributed by atoms with van der Waals surface area (Å²) in [7, 11) is -1.38. The molecule has 1 heterocycles. The molecule has 0 fully saturated rings. The number of hydrogen-bond acceptors (Lipinski definition) is 4. The Balaban J connectivity index is 2.78. The first-order valence-corrected chi connectivity index (χ1v) is 5.72. The average Bonchev–Trinajstić information content (AvgIpc) is 2.18. The number of amides is 1. The number of rotatable bonds is 4. The van der Waals surface area contributed by atoms with E-state index < -0.39 is 22.6 Å². The number of aromatic nitrogens is 1. The van der Waals surface area contributed by atoms with Gasteiger partial charge in [0.25, 0.3) is 0 Å². The monoisotopic (exact) mass is 227 g/mol. The maximum absolute atomic E-state index is 11.7. The Kier molecular flexibility index (Phi) is 3.79. The average molecular weight is 227 g/mol. The lowest BCUT2D eigenvalue weighted by Gasteiger charge is -2.07. The van der Waals surface area contributed by atoms with E-state index in [0.717, 1.165) is 0 Å². The van der Waals surface area contributed by atoms with Crippen molar-refractivity contribution < 1.29 is 9.00 Å². The molecule has 2 unspecified atom stereocenters. The summed E-state index contributed by atoms with van der Waals surface area (Å²) in [5.74, 6) is -0.776. The van der Waals surface area contributed by atoms with E-state index in [-0.39, 0.29) is 5.75 Å². The molecule has 2 atom stereocenters. The van der Waals surface area contributed by atoms with Crippen LogP contribution in [0.25, 0.3) is 0 Å². The minimum absolute atomic E-state index is 0.149. The molecule has 15 heavy (non-hydrogen) atoms. The number of hydrogen-bond donors (Lipinski definition) is 2. The smallest absolute Gasteiger partial charge is 0.221 e. The van der Waals surface area contributed by atoms with E-state index in [9.17, 15) is 9.00 Å². The van der Waals surface area contributed by atoms with Crippen molar-refractivity contribution in [1.82, 2.24) is 4.98 Å². The third-order valence-corrected chi connectivity index (χ3v) is 3.48. The lowest BCUT2D eigenvalue weighted by atomic mass is 10.2. The third-order valence-electron chi connectivity index (χ3n) is 1.90. The van der Waals surface area contributed by atoms with Crippen LogP contribution >= 0.6 is 0 Å². The second-order valence-electron chi connectivity index (χ2n) is 3.21. The highest BCUT2D eigenvalue weighted by Crippen LogP contribution is 2.14. The Labute approximate surface area is 90.3 Å².